The predicted molar refractivity (Wildman–Crippen MR) is 98.4 cm³/mol. The second-order valence-corrected chi connectivity index (χ2v) is 7.50. The molecule has 2 aromatic carbocycles. The molecule has 0 unspecified atom stereocenters. The van der Waals surface area contributed by atoms with Crippen LogP contribution in [-0.4, -0.2) is 26.7 Å². The quantitative estimate of drug-likeness (QED) is 0.592. The highest BCUT2D eigenvalue weighted by molar-refractivity contribution is 7.84. The maximum Gasteiger partial charge on any atom is 0.239 e. The van der Waals surface area contributed by atoms with Crippen LogP contribution in [0.25, 0.3) is 11.4 Å². The summed E-state index contributed by atoms with van der Waals surface area (Å²) >= 11 is 11.9. The smallest absolute Gasteiger partial charge is 0.239 e. The van der Waals surface area contributed by atoms with Gasteiger partial charge in [0.2, 0.25) is 11.7 Å². The largest absolute Gasteiger partial charge is 0.493 e. The molecule has 8 heteroatoms. The zero-order valence-electron chi connectivity index (χ0n) is 13.0. The summed E-state index contributed by atoms with van der Waals surface area (Å²) in [6.07, 6.45) is 0. The van der Waals surface area contributed by atoms with Crippen molar-refractivity contribution in [3.05, 3.63) is 64.5 Å². The first-order valence-corrected chi connectivity index (χ1v) is 9.67. The van der Waals surface area contributed by atoms with Gasteiger partial charge < -0.3 is 9.26 Å². The lowest BCUT2D eigenvalue weighted by Gasteiger charge is -2.05. The molecule has 3 aromatic rings. The Morgan fingerprint density at radius 1 is 1.08 bits per heavy atom. The molecule has 0 amide bonds. The second-order valence-electron chi connectivity index (χ2n) is 5.08. The van der Waals surface area contributed by atoms with Gasteiger partial charge in [-0.05, 0) is 36.4 Å². The van der Waals surface area contributed by atoms with Gasteiger partial charge in [-0.2, -0.15) is 4.98 Å². The summed E-state index contributed by atoms with van der Waals surface area (Å²) in [6, 6.07) is 14.2. The molecule has 0 aliphatic heterocycles. The summed E-state index contributed by atoms with van der Waals surface area (Å²) in [5.74, 6) is 1.89. The zero-order chi connectivity index (χ0) is 17.6. The summed E-state index contributed by atoms with van der Waals surface area (Å²) in [5.41, 5.74) is 0.677. The van der Waals surface area contributed by atoms with E-state index in [1.165, 1.54) is 0 Å². The van der Waals surface area contributed by atoms with E-state index >= 15 is 0 Å². The molecule has 1 atom stereocenters. The molecule has 0 fully saturated rings. The van der Waals surface area contributed by atoms with Crippen molar-refractivity contribution < 1.29 is 13.5 Å². The molecule has 0 radical (unpaired) electrons. The van der Waals surface area contributed by atoms with Crippen LogP contribution in [0.15, 0.2) is 53.1 Å². The lowest BCUT2D eigenvalue weighted by atomic mass is 10.2. The first-order valence-electron chi connectivity index (χ1n) is 7.42. The standard InChI is InChI=1S/C17H14Cl2N2O3S/c18-12-5-7-13(8-6-12)23-9-10-25(22)11-16-20-17(21-24-16)14-3-1-2-4-15(14)19/h1-8H,9-11H2/t25-/m1/s1. The Balaban J connectivity index is 1.52. The van der Waals surface area contributed by atoms with E-state index in [4.69, 9.17) is 32.5 Å². The van der Waals surface area contributed by atoms with Crippen molar-refractivity contribution in [3.8, 4) is 17.1 Å². The van der Waals surface area contributed by atoms with E-state index in [0.717, 1.165) is 0 Å². The summed E-state index contributed by atoms with van der Waals surface area (Å²) in [4.78, 5) is 4.25. The fourth-order valence-electron chi connectivity index (χ4n) is 2.06. The van der Waals surface area contributed by atoms with E-state index in [9.17, 15) is 4.21 Å². The summed E-state index contributed by atoms with van der Waals surface area (Å²) in [7, 11) is -1.18. The van der Waals surface area contributed by atoms with Crippen molar-refractivity contribution in [2.24, 2.45) is 0 Å². The number of aromatic nitrogens is 2. The first-order chi connectivity index (χ1) is 12.1. The molecular weight excluding hydrogens is 383 g/mol. The highest BCUT2D eigenvalue weighted by Gasteiger charge is 2.13. The molecule has 1 aromatic heterocycles. The lowest BCUT2D eigenvalue weighted by Crippen LogP contribution is -2.10. The fourth-order valence-corrected chi connectivity index (χ4v) is 3.21. The van der Waals surface area contributed by atoms with Gasteiger partial charge in [0.15, 0.2) is 0 Å². The van der Waals surface area contributed by atoms with Gasteiger partial charge in [-0.15, -0.1) is 0 Å². The third-order valence-corrected chi connectivity index (χ3v) is 5.03. The van der Waals surface area contributed by atoms with Crippen LogP contribution in [0.2, 0.25) is 10.0 Å². The van der Waals surface area contributed by atoms with Crippen molar-refractivity contribution in [2.45, 2.75) is 5.75 Å². The van der Waals surface area contributed by atoms with E-state index in [-0.39, 0.29) is 5.75 Å². The average molecular weight is 397 g/mol. The van der Waals surface area contributed by atoms with E-state index in [1.54, 1.807) is 36.4 Å². The molecule has 0 saturated heterocycles. The molecule has 0 bridgehead atoms. The van der Waals surface area contributed by atoms with Crippen molar-refractivity contribution in [1.29, 1.82) is 0 Å². The topological polar surface area (TPSA) is 65.2 Å². The molecule has 130 valence electrons. The molecule has 0 saturated carbocycles. The van der Waals surface area contributed by atoms with Crippen LogP contribution in [0, 0.1) is 0 Å². The normalized spacial score (nSPS) is 12.1. The van der Waals surface area contributed by atoms with Gasteiger partial charge in [-0.1, -0.05) is 40.5 Å². The Hall–Kier alpha value is -1.89. The number of benzene rings is 2. The molecule has 3 rings (SSSR count). The Bertz CT molecular complexity index is 868. The van der Waals surface area contributed by atoms with Crippen molar-refractivity contribution in [3.63, 3.8) is 0 Å². The Morgan fingerprint density at radius 3 is 2.60 bits per heavy atom. The van der Waals surface area contributed by atoms with Crippen molar-refractivity contribution >= 4 is 34.0 Å². The van der Waals surface area contributed by atoms with E-state index in [0.29, 0.717) is 45.4 Å². The fraction of sp³-hybridized carbons (Fsp3) is 0.176. The summed E-state index contributed by atoms with van der Waals surface area (Å²) in [5, 5.41) is 5.06. The molecule has 0 aliphatic rings. The molecule has 5 nitrogen and oxygen atoms in total. The number of rotatable bonds is 7. The third-order valence-electron chi connectivity index (χ3n) is 3.26. The van der Waals surface area contributed by atoms with Gasteiger partial charge in [-0.3, -0.25) is 4.21 Å². The van der Waals surface area contributed by atoms with E-state index in [1.807, 2.05) is 12.1 Å². The number of nitrogens with zero attached hydrogens (tertiary/aromatic N) is 2. The summed E-state index contributed by atoms with van der Waals surface area (Å²) < 4.78 is 22.8. The minimum Gasteiger partial charge on any atom is -0.493 e. The summed E-state index contributed by atoms with van der Waals surface area (Å²) in [6.45, 7) is 0.319. The van der Waals surface area contributed by atoms with Crippen LogP contribution in [0.3, 0.4) is 0 Å². The van der Waals surface area contributed by atoms with E-state index < -0.39 is 10.8 Å². The molecule has 25 heavy (non-hydrogen) atoms. The Labute approximate surface area is 157 Å². The highest BCUT2D eigenvalue weighted by atomic mass is 35.5. The van der Waals surface area contributed by atoms with Crippen LogP contribution in [0.4, 0.5) is 0 Å². The van der Waals surface area contributed by atoms with Crippen LogP contribution >= 0.6 is 23.2 Å². The Kier molecular flexibility index (Phi) is 6.07. The van der Waals surface area contributed by atoms with Gasteiger partial charge in [0.25, 0.3) is 0 Å². The van der Waals surface area contributed by atoms with Gasteiger partial charge in [0, 0.05) is 21.4 Å². The third kappa shape index (κ3) is 5.04. The van der Waals surface area contributed by atoms with Crippen LogP contribution in [-0.2, 0) is 16.6 Å². The van der Waals surface area contributed by atoms with E-state index in [2.05, 4.69) is 10.1 Å². The Morgan fingerprint density at radius 2 is 1.84 bits per heavy atom. The molecule has 0 spiro atoms. The molecular formula is C17H14Cl2N2O3S. The minimum atomic E-state index is -1.18. The van der Waals surface area contributed by atoms with Crippen molar-refractivity contribution in [2.75, 3.05) is 12.4 Å². The maximum atomic E-state index is 12.1. The SMILES string of the molecule is O=[S@](CCOc1ccc(Cl)cc1)Cc1nc(-c2ccccc2Cl)no1. The number of hydrogen-bond acceptors (Lipinski definition) is 5. The molecule has 1 heterocycles. The number of ether oxygens (including phenoxy) is 1. The lowest BCUT2D eigenvalue weighted by molar-refractivity contribution is 0.342. The minimum absolute atomic E-state index is 0.168. The van der Waals surface area contributed by atoms with Crippen LogP contribution < -0.4 is 4.74 Å². The average Bonchev–Trinajstić information content (AvgIpc) is 3.05. The zero-order valence-corrected chi connectivity index (χ0v) is 15.4. The van der Waals surface area contributed by atoms with Gasteiger partial charge in [0.1, 0.15) is 11.5 Å². The van der Waals surface area contributed by atoms with Crippen LogP contribution in [0.1, 0.15) is 5.89 Å². The maximum absolute atomic E-state index is 12.1. The van der Waals surface area contributed by atoms with Crippen molar-refractivity contribution in [1.82, 2.24) is 10.1 Å². The number of halogens is 2. The highest BCUT2D eigenvalue weighted by Crippen LogP contribution is 2.25. The van der Waals surface area contributed by atoms with Gasteiger partial charge >= 0.3 is 0 Å². The second kappa shape index (κ2) is 8.47. The van der Waals surface area contributed by atoms with Gasteiger partial charge in [0.05, 0.1) is 17.4 Å². The monoisotopic (exact) mass is 396 g/mol. The first kappa shape index (κ1) is 17.9. The predicted octanol–water partition coefficient (Wildman–Crippen LogP) is 4.37. The van der Waals surface area contributed by atoms with Crippen LogP contribution in [0.5, 0.6) is 5.75 Å². The van der Waals surface area contributed by atoms with Gasteiger partial charge in [-0.25, -0.2) is 0 Å². The molecule has 0 aliphatic carbocycles. The molecule has 0 N–H and O–H groups in total. The number of hydrogen-bond donors (Lipinski definition) is 0.